The molecule has 0 bridgehead atoms. The van der Waals surface area contributed by atoms with E-state index in [0.29, 0.717) is 18.3 Å². The summed E-state index contributed by atoms with van der Waals surface area (Å²) in [5.41, 5.74) is 0.501. The molecule has 0 spiro atoms. The summed E-state index contributed by atoms with van der Waals surface area (Å²) in [6.07, 6.45) is 8.99. The van der Waals surface area contributed by atoms with Crippen molar-refractivity contribution in [2.24, 2.45) is 5.92 Å². The van der Waals surface area contributed by atoms with E-state index in [2.05, 4.69) is 15.3 Å². The van der Waals surface area contributed by atoms with Gasteiger partial charge in [0.05, 0.1) is 18.7 Å². The van der Waals surface area contributed by atoms with Crippen molar-refractivity contribution < 1.29 is 9.53 Å². The van der Waals surface area contributed by atoms with E-state index in [1.54, 1.807) is 19.2 Å². The SMILES string of the molecule is COc1ccc(-n2nc(N3CCC[C@H](C(=O)NC4CCCCCC4)C3)ccc2=O)cc1. The lowest BCUT2D eigenvalue weighted by molar-refractivity contribution is -0.126. The predicted molar refractivity (Wildman–Crippen MR) is 121 cm³/mol. The van der Waals surface area contributed by atoms with Gasteiger partial charge in [0.15, 0.2) is 0 Å². The Kier molecular flexibility index (Phi) is 6.89. The van der Waals surface area contributed by atoms with Gasteiger partial charge in [0.25, 0.3) is 5.56 Å². The molecule has 2 fully saturated rings. The number of ether oxygens (including phenoxy) is 1. The molecule has 1 aliphatic carbocycles. The van der Waals surface area contributed by atoms with Crippen molar-refractivity contribution in [3.05, 3.63) is 46.8 Å². The van der Waals surface area contributed by atoms with Crippen LogP contribution >= 0.6 is 0 Å². The molecule has 2 heterocycles. The van der Waals surface area contributed by atoms with Gasteiger partial charge in [-0.3, -0.25) is 9.59 Å². The first-order chi connectivity index (χ1) is 15.1. The van der Waals surface area contributed by atoms with E-state index in [4.69, 9.17) is 4.74 Å². The minimum absolute atomic E-state index is 0.0415. The Morgan fingerprint density at radius 1 is 1.00 bits per heavy atom. The van der Waals surface area contributed by atoms with Gasteiger partial charge in [-0.1, -0.05) is 25.7 Å². The van der Waals surface area contributed by atoms with E-state index in [1.807, 2.05) is 24.3 Å². The Morgan fingerprint density at radius 2 is 1.74 bits per heavy atom. The number of carbonyl (C=O) groups is 1. The third-order valence-electron chi connectivity index (χ3n) is 6.42. The average Bonchev–Trinajstić information content (AvgIpc) is 3.08. The fourth-order valence-corrected chi connectivity index (χ4v) is 4.62. The zero-order chi connectivity index (χ0) is 21.6. The summed E-state index contributed by atoms with van der Waals surface area (Å²) in [4.78, 5) is 27.5. The number of amides is 1. The van der Waals surface area contributed by atoms with Gasteiger partial charge in [-0.15, -0.1) is 5.10 Å². The van der Waals surface area contributed by atoms with Crippen molar-refractivity contribution in [3.8, 4) is 11.4 Å². The first-order valence-electron chi connectivity index (χ1n) is 11.4. The number of aromatic nitrogens is 2. The summed E-state index contributed by atoms with van der Waals surface area (Å²) < 4.78 is 6.60. The third-order valence-corrected chi connectivity index (χ3v) is 6.42. The van der Waals surface area contributed by atoms with Crippen LogP contribution in [-0.4, -0.2) is 41.9 Å². The number of benzene rings is 1. The van der Waals surface area contributed by atoms with Crippen molar-refractivity contribution in [2.45, 2.75) is 57.4 Å². The molecule has 31 heavy (non-hydrogen) atoms. The van der Waals surface area contributed by atoms with Crippen LogP contribution in [0.2, 0.25) is 0 Å². The van der Waals surface area contributed by atoms with Gasteiger partial charge in [0, 0.05) is 25.2 Å². The molecule has 166 valence electrons. The van der Waals surface area contributed by atoms with Crippen LogP contribution in [0.1, 0.15) is 51.4 Å². The van der Waals surface area contributed by atoms with Crippen LogP contribution < -0.4 is 20.5 Å². The van der Waals surface area contributed by atoms with Crippen LogP contribution in [0.15, 0.2) is 41.2 Å². The van der Waals surface area contributed by atoms with Crippen LogP contribution in [0.25, 0.3) is 5.69 Å². The lowest BCUT2D eigenvalue weighted by Crippen LogP contribution is -2.46. The molecule has 0 radical (unpaired) electrons. The summed E-state index contributed by atoms with van der Waals surface area (Å²) in [6, 6.07) is 10.9. The maximum absolute atomic E-state index is 12.9. The highest BCUT2D eigenvalue weighted by Gasteiger charge is 2.28. The first-order valence-corrected chi connectivity index (χ1v) is 11.4. The van der Waals surface area contributed by atoms with E-state index in [1.165, 1.54) is 30.4 Å². The zero-order valence-corrected chi connectivity index (χ0v) is 18.3. The number of anilines is 1. The number of methoxy groups -OCH3 is 1. The summed E-state index contributed by atoms with van der Waals surface area (Å²) in [5, 5.41) is 7.91. The number of nitrogens with one attached hydrogen (secondary N) is 1. The molecule has 2 aliphatic rings. The Labute approximate surface area is 183 Å². The van der Waals surface area contributed by atoms with Gasteiger partial charge in [0.2, 0.25) is 5.91 Å². The van der Waals surface area contributed by atoms with Gasteiger partial charge in [-0.25, -0.2) is 0 Å². The maximum Gasteiger partial charge on any atom is 0.271 e. The summed E-state index contributed by atoms with van der Waals surface area (Å²) in [7, 11) is 1.61. The van der Waals surface area contributed by atoms with E-state index < -0.39 is 0 Å². The second-order valence-electron chi connectivity index (χ2n) is 8.62. The Balaban J connectivity index is 1.46. The lowest BCUT2D eigenvalue weighted by Gasteiger charge is -2.33. The number of carbonyl (C=O) groups excluding carboxylic acids is 1. The van der Waals surface area contributed by atoms with Gasteiger partial charge in [0.1, 0.15) is 11.6 Å². The molecule has 4 rings (SSSR count). The molecule has 7 nitrogen and oxygen atoms in total. The number of hydrogen-bond acceptors (Lipinski definition) is 5. The first kappa shape index (κ1) is 21.4. The molecule has 7 heteroatoms. The molecular formula is C24H32N4O3. The largest absolute Gasteiger partial charge is 0.497 e. The Morgan fingerprint density at radius 3 is 2.45 bits per heavy atom. The number of rotatable bonds is 5. The number of nitrogens with zero attached hydrogens (tertiary/aromatic N) is 3. The van der Waals surface area contributed by atoms with E-state index in [0.717, 1.165) is 43.8 Å². The molecule has 1 atom stereocenters. The standard InChI is InChI=1S/C24H32N4O3/c1-31-21-12-10-20(11-13-21)28-23(29)15-14-22(26-28)27-16-6-7-18(17-27)24(30)25-19-8-4-2-3-5-9-19/h10-15,18-19H,2-9,16-17H2,1H3,(H,25,30)/t18-/m0/s1. The Hall–Kier alpha value is -2.83. The molecule has 1 N–H and O–H groups in total. The molecule has 1 aliphatic heterocycles. The van der Waals surface area contributed by atoms with E-state index in [-0.39, 0.29) is 17.4 Å². The highest BCUT2D eigenvalue weighted by Crippen LogP contribution is 2.23. The fourth-order valence-electron chi connectivity index (χ4n) is 4.62. The monoisotopic (exact) mass is 424 g/mol. The summed E-state index contributed by atoms with van der Waals surface area (Å²) in [6.45, 7) is 1.47. The molecule has 1 aromatic carbocycles. The van der Waals surface area contributed by atoms with Gasteiger partial charge >= 0.3 is 0 Å². The van der Waals surface area contributed by atoms with Crippen molar-refractivity contribution >= 4 is 11.7 Å². The third kappa shape index (κ3) is 5.27. The molecule has 1 saturated heterocycles. The fraction of sp³-hybridized carbons (Fsp3) is 0.542. The van der Waals surface area contributed by atoms with Crippen molar-refractivity contribution in [1.82, 2.24) is 15.1 Å². The normalized spacial score (nSPS) is 20.2. The van der Waals surface area contributed by atoms with Gasteiger partial charge in [-0.2, -0.15) is 4.68 Å². The molecule has 1 amide bonds. The maximum atomic E-state index is 12.9. The average molecular weight is 425 g/mol. The second kappa shape index (κ2) is 9.98. The van der Waals surface area contributed by atoms with Crippen LogP contribution in [0, 0.1) is 5.92 Å². The zero-order valence-electron chi connectivity index (χ0n) is 18.3. The quantitative estimate of drug-likeness (QED) is 0.746. The summed E-state index contributed by atoms with van der Waals surface area (Å²) >= 11 is 0. The molecule has 1 saturated carbocycles. The van der Waals surface area contributed by atoms with Crippen LogP contribution in [0.5, 0.6) is 5.75 Å². The molecule has 0 unspecified atom stereocenters. The topological polar surface area (TPSA) is 76.5 Å². The molecular weight excluding hydrogens is 392 g/mol. The second-order valence-corrected chi connectivity index (χ2v) is 8.62. The van der Waals surface area contributed by atoms with E-state index in [9.17, 15) is 9.59 Å². The minimum Gasteiger partial charge on any atom is -0.497 e. The number of piperidine rings is 1. The van der Waals surface area contributed by atoms with E-state index >= 15 is 0 Å². The van der Waals surface area contributed by atoms with Crippen LogP contribution in [0.3, 0.4) is 0 Å². The van der Waals surface area contributed by atoms with Crippen molar-refractivity contribution in [1.29, 1.82) is 0 Å². The van der Waals surface area contributed by atoms with Crippen molar-refractivity contribution in [3.63, 3.8) is 0 Å². The summed E-state index contributed by atoms with van der Waals surface area (Å²) in [5.74, 6) is 1.58. The highest BCUT2D eigenvalue weighted by atomic mass is 16.5. The smallest absolute Gasteiger partial charge is 0.271 e. The number of hydrogen-bond donors (Lipinski definition) is 1. The Bertz CT molecular complexity index is 933. The molecule has 2 aromatic rings. The van der Waals surface area contributed by atoms with Crippen LogP contribution in [0.4, 0.5) is 5.82 Å². The van der Waals surface area contributed by atoms with Gasteiger partial charge < -0.3 is 15.0 Å². The molecule has 1 aromatic heterocycles. The van der Waals surface area contributed by atoms with Crippen molar-refractivity contribution in [2.75, 3.05) is 25.1 Å². The van der Waals surface area contributed by atoms with Crippen LogP contribution in [-0.2, 0) is 4.79 Å². The highest BCUT2D eigenvalue weighted by molar-refractivity contribution is 5.79. The minimum atomic E-state index is -0.186. The lowest BCUT2D eigenvalue weighted by atomic mass is 9.96. The van der Waals surface area contributed by atoms with Gasteiger partial charge in [-0.05, 0) is 56.0 Å². The predicted octanol–water partition coefficient (Wildman–Crippen LogP) is 3.30.